The molecule has 1 aromatic carbocycles. The zero-order chi connectivity index (χ0) is 17.6. The summed E-state index contributed by atoms with van der Waals surface area (Å²) in [5, 5.41) is 13.4. The molecule has 1 aromatic heterocycles. The van der Waals surface area contributed by atoms with Crippen molar-refractivity contribution >= 4 is 5.91 Å². The lowest BCUT2D eigenvalue weighted by atomic mass is 10.1. The minimum Gasteiger partial charge on any atom is -0.395 e. The quantitative estimate of drug-likeness (QED) is 0.866. The highest BCUT2D eigenvalue weighted by Crippen LogP contribution is 2.20. The molecular formula is C19H25N3O3. The second-order valence-corrected chi connectivity index (χ2v) is 6.39. The topological polar surface area (TPSA) is 69.8 Å². The van der Waals surface area contributed by atoms with Crippen molar-refractivity contribution in [1.29, 1.82) is 0 Å². The van der Waals surface area contributed by atoms with E-state index in [4.69, 9.17) is 4.52 Å². The molecule has 0 saturated carbocycles. The molecule has 0 spiro atoms. The number of aliphatic hydroxyl groups excluding tert-OH is 1. The molecule has 6 nitrogen and oxygen atoms in total. The summed E-state index contributed by atoms with van der Waals surface area (Å²) >= 11 is 0. The molecule has 1 unspecified atom stereocenters. The maximum absolute atomic E-state index is 12.5. The molecule has 1 aliphatic heterocycles. The Labute approximate surface area is 148 Å². The summed E-state index contributed by atoms with van der Waals surface area (Å²) < 4.78 is 5.36. The zero-order valence-electron chi connectivity index (χ0n) is 14.6. The Balaban J connectivity index is 1.54. The maximum Gasteiger partial charge on any atom is 0.228 e. The fraction of sp³-hybridized carbons (Fsp3) is 0.474. The molecule has 1 atom stereocenters. The van der Waals surface area contributed by atoms with Gasteiger partial charge in [0.1, 0.15) is 0 Å². The second-order valence-electron chi connectivity index (χ2n) is 6.39. The van der Waals surface area contributed by atoms with E-state index in [9.17, 15) is 9.90 Å². The van der Waals surface area contributed by atoms with Crippen molar-refractivity contribution in [3.05, 3.63) is 42.1 Å². The van der Waals surface area contributed by atoms with Crippen LogP contribution in [0.15, 0.2) is 40.9 Å². The van der Waals surface area contributed by atoms with Crippen molar-refractivity contribution in [3.8, 4) is 11.3 Å². The van der Waals surface area contributed by atoms with Crippen LogP contribution in [0, 0.1) is 0 Å². The van der Waals surface area contributed by atoms with E-state index in [1.165, 1.54) is 0 Å². The first-order valence-electron chi connectivity index (χ1n) is 8.85. The SMILES string of the molecule is CCC(CO)N1CCN(C(=O)Cc2cc(-c3ccccc3)on2)CC1. The number of benzene rings is 1. The van der Waals surface area contributed by atoms with Crippen LogP contribution < -0.4 is 0 Å². The van der Waals surface area contributed by atoms with Crippen LogP contribution in [0.5, 0.6) is 0 Å². The molecule has 1 N–H and O–H groups in total. The number of hydrogen-bond acceptors (Lipinski definition) is 5. The third-order valence-corrected chi connectivity index (χ3v) is 4.81. The predicted molar refractivity (Wildman–Crippen MR) is 95.0 cm³/mol. The Kier molecular flexibility index (Phi) is 5.83. The molecule has 2 aromatic rings. The van der Waals surface area contributed by atoms with E-state index in [2.05, 4.69) is 17.0 Å². The summed E-state index contributed by atoms with van der Waals surface area (Å²) in [6, 6.07) is 11.8. The van der Waals surface area contributed by atoms with Crippen molar-refractivity contribution in [1.82, 2.24) is 15.0 Å². The van der Waals surface area contributed by atoms with Crippen LogP contribution in [0.1, 0.15) is 19.0 Å². The number of carbonyl (C=O) groups excluding carboxylic acids is 1. The first kappa shape index (κ1) is 17.6. The van der Waals surface area contributed by atoms with Crippen LogP contribution in [0.4, 0.5) is 0 Å². The first-order chi connectivity index (χ1) is 12.2. The van der Waals surface area contributed by atoms with Gasteiger partial charge in [0.2, 0.25) is 5.91 Å². The zero-order valence-corrected chi connectivity index (χ0v) is 14.6. The number of rotatable bonds is 6. The van der Waals surface area contributed by atoms with Gasteiger partial charge in [-0.15, -0.1) is 0 Å². The highest BCUT2D eigenvalue weighted by atomic mass is 16.5. The smallest absolute Gasteiger partial charge is 0.228 e. The van der Waals surface area contributed by atoms with E-state index >= 15 is 0 Å². The number of carbonyl (C=O) groups is 1. The van der Waals surface area contributed by atoms with Crippen molar-refractivity contribution in [3.63, 3.8) is 0 Å². The van der Waals surface area contributed by atoms with Crippen molar-refractivity contribution in [2.45, 2.75) is 25.8 Å². The van der Waals surface area contributed by atoms with Gasteiger partial charge in [0.15, 0.2) is 5.76 Å². The molecule has 25 heavy (non-hydrogen) atoms. The van der Waals surface area contributed by atoms with Crippen LogP contribution in [0.2, 0.25) is 0 Å². The molecule has 2 heterocycles. The van der Waals surface area contributed by atoms with E-state index in [0.717, 1.165) is 25.1 Å². The number of aliphatic hydroxyl groups is 1. The Hall–Kier alpha value is -2.18. The van der Waals surface area contributed by atoms with E-state index in [0.29, 0.717) is 24.5 Å². The monoisotopic (exact) mass is 343 g/mol. The lowest BCUT2D eigenvalue weighted by molar-refractivity contribution is -0.132. The lowest BCUT2D eigenvalue weighted by Gasteiger charge is -2.38. The minimum absolute atomic E-state index is 0.0737. The third-order valence-electron chi connectivity index (χ3n) is 4.81. The molecule has 0 aliphatic carbocycles. The van der Waals surface area contributed by atoms with Gasteiger partial charge in [-0.1, -0.05) is 42.4 Å². The van der Waals surface area contributed by atoms with Crippen LogP contribution in [0.25, 0.3) is 11.3 Å². The lowest BCUT2D eigenvalue weighted by Crippen LogP contribution is -2.53. The van der Waals surface area contributed by atoms with Crippen molar-refractivity contribution in [2.75, 3.05) is 32.8 Å². The standard InChI is InChI=1S/C19H25N3O3/c1-2-17(14-23)21-8-10-22(11-9-21)19(24)13-16-12-18(25-20-16)15-6-4-3-5-7-15/h3-7,12,17,23H,2,8-11,13-14H2,1H3. The van der Waals surface area contributed by atoms with Gasteiger partial charge in [-0.05, 0) is 6.42 Å². The van der Waals surface area contributed by atoms with E-state index < -0.39 is 0 Å². The average molecular weight is 343 g/mol. The van der Waals surface area contributed by atoms with Gasteiger partial charge in [0.05, 0.1) is 18.7 Å². The Bertz CT molecular complexity index is 674. The van der Waals surface area contributed by atoms with E-state index in [1.807, 2.05) is 41.3 Å². The fourth-order valence-electron chi connectivity index (χ4n) is 3.24. The Morgan fingerprint density at radius 2 is 1.96 bits per heavy atom. The third kappa shape index (κ3) is 4.27. The average Bonchev–Trinajstić information content (AvgIpc) is 3.12. The summed E-state index contributed by atoms with van der Waals surface area (Å²) in [4.78, 5) is 16.6. The predicted octanol–water partition coefficient (Wildman–Crippen LogP) is 1.80. The summed E-state index contributed by atoms with van der Waals surface area (Å²) in [5.74, 6) is 0.756. The number of piperazine rings is 1. The van der Waals surface area contributed by atoms with Crippen molar-refractivity contribution in [2.24, 2.45) is 0 Å². The molecule has 3 rings (SSSR count). The molecule has 6 heteroatoms. The number of amides is 1. The van der Waals surface area contributed by atoms with Crippen LogP contribution in [-0.4, -0.2) is 64.8 Å². The molecular weight excluding hydrogens is 318 g/mol. The number of aromatic nitrogens is 1. The maximum atomic E-state index is 12.5. The largest absolute Gasteiger partial charge is 0.395 e. The van der Waals surface area contributed by atoms with E-state index in [1.54, 1.807) is 0 Å². The summed E-state index contributed by atoms with van der Waals surface area (Å²) in [6.45, 7) is 5.24. The van der Waals surface area contributed by atoms with Crippen LogP contribution in [0.3, 0.4) is 0 Å². The molecule has 134 valence electrons. The molecule has 1 amide bonds. The molecule has 0 radical (unpaired) electrons. The van der Waals surface area contributed by atoms with Gasteiger partial charge in [-0.25, -0.2) is 0 Å². The van der Waals surface area contributed by atoms with Gasteiger partial charge >= 0.3 is 0 Å². The Morgan fingerprint density at radius 1 is 1.24 bits per heavy atom. The Morgan fingerprint density at radius 3 is 2.60 bits per heavy atom. The van der Waals surface area contributed by atoms with Gasteiger partial charge in [0.25, 0.3) is 0 Å². The van der Waals surface area contributed by atoms with Crippen LogP contribution >= 0.6 is 0 Å². The van der Waals surface area contributed by atoms with Gasteiger partial charge in [-0.2, -0.15) is 0 Å². The molecule has 1 fully saturated rings. The summed E-state index contributed by atoms with van der Waals surface area (Å²) in [7, 11) is 0. The minimum atomic E-state index is 0.0737. The van der Waals surface area contributed by atoms with Crippen molar-refractivity contribution < 1.29 is 14.4 Å². The molecule has 1 saturated heterocycles. The number of hydrogen-bond donors (Lipinski definition) is 1. The first-order valence-corrected chi connectivity index (χ1v) is 8.85. The fourth-order valence-corrected chi connectivity index (χ4v) is 3.24. The highest BCUT2D eigenvalue weighted by Gasteiger charge is 2.25. The highest BCUT2D eigenvalue weighted by molar-refractivity contribution is 5.78. The van der Waals surface area contributed by atoms with E-state index in [-0.39, 0.29) is 25.0 Å². The van der Waals surface area contributed by atoms with Gasteiger partial charge < -0.3 is 14.5 Å². The molecule has 0 bridgehead atoms. The molecule has 1 aliphatic rings. The number of nitrogens with zero attached hydrogens (tertiary/aromatic N) is 3. The van der Waals surface area contributed by atoms with Crippen LogP contribution in [-0.2, 0) is 11.2 Å². The normalized spacial score (nSPS) is 16.8. The van der Waals surface area contributed by atoms with Gasteiger partial charge in [0, 0.05) is 43.9 Å². The summed E-state index contributed by atoms with van der Waals surface area (Å²) in [5.41, 5.74) is 1.62. The second kappa shape index (κ2) is 8.27. The summed E-state index contributed by atoms with van der Waals surface area (Å²) in [6.07, 6.45) is 1.18. The van der Waals surface area contributed by atoms with Gasteiger partial charge in [-0.3, -0.25) is 9.69 Å².